The molecule has 1 aromatic carbocycles. The van der Waals surface area contributed by atoms with Gasteiger partial charge in [0.05, 0.1) is 30.0 Å². The molecule has 1 aromatic heterocycles. The Morgan fingerprint density at radius 1 is 0.824 bits per heavy atom. The van der Waals surface area contributed by atoms with Gasteiger partial charge in [0.1, 0.15) is 47.8 Å². The van der Waals surface area contributed by atoms with Gasteiger partial charge in [0.15, 0.2) is 24.7 Å². The molecule has 2 N–H and O–H groups in total. The minimum atomic E-state index is -2.50. The van der Waals surface area contributed by atoms with Gasteiger partial charge in [0, 0.05) is 70.6 Å². The third-order valence-electron chi connectivity index (χ3n) is 18.6. The molecule has 18 heteroatoms. The van der Waals surface area contributed by atoms with Crippen molar-refractivity contribution >= 4 is 40.9 Å². The highest BCUT2D eigenvalue weighted by molar-refractivity contribution is 6.39. The Bertz CT molecular complexity index is 2700. The molecule has 3 fully saturated rings. The standard InChI is InChI=1S/C67H96N3O15/c1-41-33-45(5)59(72)61(81-12)60(73)46(6)34-42(2)54(71)39-57(43(3)35-48-25-29-55(58(37-48)80-11)83-65(77)66(8,9)40-68-30-18-14-19-31-68)82-64(76)53-23-17-20-32-69(53)63(75)62(74)67(78)47(7)24-26-50(84-67)38-56(79-10)44(4)36-51-27-28-52(41)70(85-51)49-21-15-13-16-22-49/h13-16,18-19,21-22,27-28,30-31,34,36,41-43,45,47-48,50-53,55-58,60-61,73,78H,17,20,23-26,29,32-33,35,37-40H2,1-12H3/q+1/b44-36+,46-34+/t41-,42+,43+,45+,47+,48-,50-,51+,52-,53-,55+,56-,57-,58+,60+,61-,67+/m0/s1. The number of aromatic nitrogens is 1. The quantitative estimate of drug-likeness (QED) is 0.0934. The Hall–Kier alpha value is -5.47. The molecule has 5 aliphatic heterocycles. The third-order valence-corrected chi connectivity index (χ3v) is 18.6. The van der Waals surface area contributed by atoms with Crippen molar-refractivity contribution in [2.24, 2.45) is 40.9 Å². The zero-order valence-electron chi connectivity index (χ0n) is 52.3. The molecule has 8 rings (SSSR count). The van der Waals surface area contributed by atoms with E-state index in [4.69, 9.17) is 33.3 Å². The maximum Gasteiger partial charge on any atom is 0.329 e. The maximum atomic E-state index is 14.8. The van der Waals surface area contributed by atoms with Crippen molar-refractivity contribution in [2.45, 2.75) is 213 Å². The molecule has 17 atom stereocenters. The molecule has 1 saturated carbocycles. The number of hydrogen-bond acceptors (Lipinski definition) is 16. The average molecular weight is 1180 g/mol. The van der Waals surface area contributed by atoms with E-state index in [9.17, 15) is 39.0 Å². The first-order valence-corrected chi connectivity index (χ1v) is 30.9. The number of carbonyl (C=O) groups excluding carboxylic acids is 6. The number of allylic oxidation sites excluding steroid dienone is 1. The number of hydrogen-bond donors (Lipinski definition) is 2. The molecule has 0 radical (unpaired) electrons. The molecule has 2 saturated heterocycles. The van der Waals surface area contributed by atoms with Crippen LogP contribution in [-0.4, -0.2) is 145 Å². The maximum absolute atomic E-state index is 14.8. The van der Waals surface area contributed by atoms with E-state index < -0.39 is 107 Å². The summed E-state index contributed by atoms with van der Waals surface area (Å²) < 4.78 is 38.6. The van der Waals surface area contributed by atoms with Crippen LogP contribution in [0.2, 0.25) is 0 Å². The second-order valence-corrected chi connectivity index (χ2v) is 25.7. The number of esters is 2. The number of amides is 1. The molecule has 468 valence electrons. The van der Waals surface area contributed by atoms with Gasteiger partial charge in [-0.15, -0.1) is 0 Å². The minimum absolute atomic E-state index is 0.0178. The number of fused-ring (bicyclic) bond motifs is 16. The zero-order valence-corrected chi connectivity index (χ0v) is 52.3. The van der Waals surface area contributed by atoms with Crippen molar-refractivity contribution < 1.29 is 76.8 Å². The molecule has 1 aliphatic carbocycles. The number of aliphatic hydroxyl groups is 2. The van der Waals surface area contributed by atoms with E-state index in [2.05, 4.69) is 13.0 Å². The van der Waals surface area contributed by atoms with E-state index >= 15 is 0 Å². The number of aliphatic hydroxyl groups excluding tert-OH is 1. The highest BCUT2D eigenvalue weighted by atomic mass is 16.7. The summed E-state index contributed by atoms with van der Waals surface area (Å²) in [6, 6.07) is 13.9. The first-order valence-electron chi connectivity index (χ1n) is 30.9. The lowest BCUT2D eigenvalue weighted by atomic mass is 9.78. The summed E-state index contributed by atoms with van der Waals surface area (Å²) in [4.78, 5) is 94.5. The summed E-state index contributed by atoms with van der Waals surface area (Å²) in [5.74, 6) is -9.11. The third kappa shape index (κ3) is 16.6. The number of ether oxygens (including phenoxy) is 6. The number of piperidine rings is 1. The molecule has 6 heterocycles. The predicted molar refractivity (Wildman–Crippen MR) is 318 cm³/mol. The minimum Gasteiger partial charge on any atom is -0.460 e. The Morgan fingerprint density at radius 2 is 1.53 bits per heavy atom. The lowest BCUT2D eigenvalue weighted by molar-refractivity contribution is -0.706. The number of rotatable bonds is 11. The van der Waals surface area contributed by atoms with Gasteiger partial charge in [-0.1, -0.05) is 77.1 Å². The van der Waals surface area contributed by atoms with Crippen LogP contribution in [-0.2, 0) is 68.6 Å². The van der Waals surface area contributed by atoms with E-state index in [1.165, 1.54) is 12.0 Å². The fourth-order valence-electron chi connectivity index (χ4n) is 13.2. The number of nitrogens with zero attached hydrogens (tertiary/aromatic N) is 3. The second-order valence-electron chi connectivity index (χ2n) is 25.7. The topological polar surface area (TPSA) is 218 Å². The van der Waals surface area contributed by atoms with E-state index in [-0.39, 0.29) is 61.2 Å². The van der Waals surface area contributed by atoms with E-state index in [0.717, 1.165) is 11.3 Å². The molecule has 0 spiro atoms. The largest absolute Gasteiger partial charge is 0.460 e. The highest BCUT2D eigenvalue weighted by Crippen LogP contribution is 2.40. The van der Waals surface area contributed by atoms with Crippen LogP contribution in [0.4, 0.5) is 5.69 Å². The molecule has 1 amide bonds. The fourth-order valence-corrected chi connectivity index (χ4v) is 13.2. The molecule has 0 unspecified atom stereocenters. The Kier molecular flexibility index (Phi) is 23.6. The van der Waals surface area contributed by atoms with Crippen molar-refractivity contribution in [3.8, 4) is 0 Å². The molecular formula is C67H96N3O15+. The number of methoxy groups -OCH3 is 3. The monoisotopic (exact) mass is 1180 g/mol. The Balaban J connectivity index is 1.17. The molecule has 18 nitrogen and oxygen atoms in total. The van der Waals surface area contributed by atoms with Gasteiger partial charge in [-0.25, -0.2) is 14.4 Å². The zero-order chi connectivity index (χ0) is 61.9. The van der Waals surface area contributed by atoms with Gasteiger partial charge in [-0.3, -0.25) is 28.8 Å². The highest BCUT2D eigenvalue weighted by Gasteiger charge is 2.53. The van der Waals surface area contributed by atoms with Crippen LogP contribution in [0, 0.1) is 40.9 Å². The Labute approximate surface area is 503 Å². The lowest BCUT2D eigenvalue weighted by Gasteiger charge is -2.43. The first-order chi connectivity index (χ1) is 40.4. The van der Waals surface area contributed by atoms with Crippen LogP contribution in [0.5, 0.6) is 0 Å². The molecule has 2 aromatic rings. The summed E-state index contributed by atoms with van der Waals surface area (Å²) >= 11 is 0. The van der Waals surface area contributed by atoms with E-state index in [0.29, 0.717) is 69.9 Å². The van der Waals surface area contributed by atoms with Crippen LogP contribution in [0.1, 0.15) is 139 Å². The van der Waals surface area contributed by atoms with Crippen LogP contribution in [0.25, 0.3) is 0 Å². The van der Waals surface area contributed by atoms with E-state index in [1.54, 1.807) is 41.1 Å². The van der Waals surface area contributed by atoms with E-state index in [1.807, 2.05) is 117 Å². The van der Waals surface area contributed by atoms with Crippen LogP contribution >= 0.6 is 0 Å². The molecule has 6 aliphatic rings. The number of carbonyl (C=O) groups is 6. The van der Waals surface area contributed by atoms with Crippen molar-refractivity contribution in [1.82, 2.24) is 4.90 Å². The Morgan fingerprint density at radius 3 is 2.21 bits per heavy atom. The molecule has 85 heavy (non-hydrogen) atoms. The van der Waals surface area contributed by atoms with Crippen molar-refractivity contribution in [1.29, 1.82) is 0 Å². The van der Waals surface area contributed by atoms with Gasteiger partial charge in [0.2, 0.25) is 5.79 Å². The fraction of sp³-hybridized carbons (Fsp3) is 0.657. The molecular weight excluding hydrogens is 1090 g/mol. The number of hydroxylamine groups is 1. The second kappa shape index (κ2) is 30.0. The summed E-state index contributed by atoms with van der Waals surface area (Å²) in [5.41, 5.74) is 1.14. The van der Waals surface area contributed by atoms with Gasteiger partial charge < -0.3 is 43.5 Å². The summed E-state index contributed by atoms with van der Waals surface area (Å²) in [5, 5.41) is 26.0. The van der Waals surface area contributed by atoms with Crippen LogP contribution < -0.4 is 9.63 Å². The van der Waals surface area contributed by atoms with Crippen molar-refractivity contribution in [3.63, 3.8) is 0 Å². The number of pyridine rings is 1. The lowest BCUT2D eigenvalue weighted by Crippen LogP contribution is -2.61. The van der Waals surface area contributed by atoms with Crippen molar-refractivity contribution in [2.75, 3.05) is 32.9 Å². The summed E-state index contributed by atoms with van der Waals surface area (Å²) in [7, 11) is 4.55. The SMILES string of the molecule is CO[C@H]1C[C@@H]2CC[C@@H](C)[C@@](O)(O2)C(=O)C(=O)N2CCCC[C@H]2C(=O)O[C@H]([C@H](C)C[C@@H]2CC[C@@H](OC(=O)C(C)(C)C[n+]3ccccc3)[C@H](OC)C2)CC(=O)[C@H](C)/C=C(\C)[C@@H](O)[C@@H](OC)C(=O)[C@H](C)C[C@H](C)[C@@H]2C=C[C@H](/C=C/1C)ON2c1ccccc1. The van der Waals surface area contributed by atoms with Gasteiger partial charge in [0.25, 0.3) is 11.7 Å². The van der Waals surface area contributed by atoms with Crippen LogP contribution in [0.3, 0.4) is 0 Å². The van der Waals surface area contributed by atoms with Gasteiger partial charge in [-0.05, 0) is 139 Å². The molecule has 4 bridgehead atoms. The number of ketones is 3. The summed E-state index contributed by atoms with van der Waals surface area (Å²) in [6.07, 6.45) is 9.85. The smallest absolute Gasteiger partial charge is 0.329 e. The normalized spacial score (nSPS) is 35.5. The van der Waals surface area contributed by atoms with Crippen molar-refractivity contribution in [3.05, 3.63) is 96.4 Å². The number of benzene rings is 1. The summed E-state index contributed by atoms with van der Waals surface area (Å²) in [6.45, 7) is 16.9. The van der Waals surface area contributed by atoms with Gasteiger partial charge >= 0.3 is 11.9 Å². The predicted octanol–water partition coefficient (Wildman–Crippen LogP) is 8.38. The van der Waals surface area contributed by atoms with Crippen LogP contribution in [0.15, 0.2) is 96.4 Å². The number of anilines is 1. The average Bonchev–Trinajstić information content (AvgIpc) is 1.98. The first kappa shape index (κ1) is 67.0. The number of para-hydroxylation sites is 1. The number of Topliss-reactive ketones (excluding diaryl/α,β-unsaturated/α-hetero) is 3. The van der Waals surface area contributed by atoms with Gasteiger partial charge in [-0.2, -0.15) is 0 Å².